The van der Waals surface area contributed by atoms with E-state index >= 15 is 0 Å². The van der Waals surface area contributed by atoms with Crippen LogP contribution in [0.5, 0.6) is 0 Å². The lowest BCUT2D eigenvalue weighted by Gasteiger charge is -2.25. The first-order chi connectivity index (χ1) is 14.8. The Labute approximate surface area is 173 Å². The third-order valence-corrected chi connectivity index (χ3v) is 5.43. The molecule has 0 saturated carbocycles. The van der Waals surface area contributed by atoms with E-state index in [9.17, 15) is 4.79 Å². The molecule has 0 aliphatic carbocycles. The lowest BCUT2D eigenvalue weighted by molar-refractivity contribution is -0.121. The Hall–Kier alpha value is -3.75. The molecule has 1 aliphatic rings. The number of hydrogen-bond acceptors (Lipinski definition) is 6. The number of nitrogens with one attached hydrogen (secondary N) is 2. The van der Waals surface area contributed by atoms with Crippen LogP contribution in [0.3, 0.4) is 0 Å². The van der Waals surface area contributed by atoms with Crippen molar-refractivity contribution in [3.8, 4) is 5.95 Å². The minimum Gasteiger partial charge on any atom is -0.353 e. The van der Waals surface area contributed by atoms with Crippen molar-refractivity contribution in [1.29, 1.82) is 0 Å². The van der Waals surface area contributed by atoms with Gasteiger partial charge >= 0.3 is 0 Å². The molecule has 0 spiro atoms. The zero-order valence-corrected chi connectivity index (χ0v) is 16.4. The Morgan fingerprint density at radius 1 is 1.23 bits per heavy atom. The second kappa shape index (κ2) is 7.94. The number of carbonyl (C=O) groups is 1. The van der Waals surface area contributed by atoms with Crippen LogP contribution in [-0.2, 0) is 11.3 Å². The fourth-order valence-electron chi connectivity index (χ4n) is 3.93. The molecule has 2 N–H and O–H groups in total. The number of rotatable bonds is 6. The van der Waals surface area contributed by atoms with Gasteiger partial charge in [-0.05, 0) is 36.6 Å². The first-order valence-corrected chi connectivity index (χ1v) is 10.0. The van der Waals surface area contributed by atoms with Crippen LogP contribution in [0, 0.1) is 0 Å². The highest BCUT2D eigenvalue weighted by Crippen LogP contribution is 2.26. The molecule has 3 aromatic heterocycles. The highest BCUT2D eigenvalue weighted by atomic mass is 16.1. The molecule has 1 aliphatic heterocycles. The summed E-state index contributed by atoms with van der Waals surface area (Å²) < 4.78 is 1.78. The second-order valence-corrected chi connectivity index (χ2v) is 7.41. The molecule has 1 atom stereocenters. The molecule has 0 bridgehead atoms. The molecule has 1 amide bonds. The van der Waals surface area contributed by atoms with Crippen LogP contribution in [0.25, 0.3) is 17.0 Å². The van der Waals surface area contributed by atoms with Crippen molar-refractivity contribution in [1.82, 2.24) is 34.8 Å². The summed E-state index contributed by atoms with van der Waals surface area (Å²) in [7, 11) is 0. The summed E-state index contributed by atoms with van der Waals surface area (Å²) in [5.74, 6) is 1.46. The molecule has 152 valence electrons. The Morgan fingerprint density at radius 2 is 2.20 bits per heavy atom. The zero-order valence-electron chi connectivity index (χ0n) is 16.4. The first-order valence-electron chi connectivity index (χ1n) is 10.0. The smallest absolute Gasteiger partial charge is 0.236 e. The average molecular weight is 402 g/mol. The lowest BCUT2D eigenvalue weighted by Crippen LogP contribution is -2.35. The summed E-state index contributed by atoms with van der Waals surface area (Å²) >= 11 is 0. The van der Waals surface area contributed by atoms with Crippen LogP contribution in [0.2, 0.25) is 0 Å². The quantitative estimate of drug-likeness (QED) is 0.512. The van der Waals surface area contributed by atoms with Crippen molar-refractivity contribution in [2.75, 3.05) is 11.4 Å². The molecule has 1 saturated heterocycles. The summed E-state index contributed by atoms with van der Waals surface area (Å²) in [6.07, 6.45) is 11.1. The van der Waals surface area contributed by atoms with E-state index < -0.39 is 0 Å². The van der Waals surface area contributed by atoms with Crippen LogP contribution in [0.4, 0.5) is 5.82 Å². The number of fused-ring (bicyclic) bond motifs is 1. The molecule has 4 aromatic rings. The van der Waals surface area contributed by atoms with E-state index in [1.807, 2.05) is 30.5 Å². The van der Waals surface area contributed by atoms with Gasteiger partial charge in [-0.1, -0.05) is 6.07 Å². The van der Waals surface area contributed by atoms with Crippen LogP contribution >= 0.6 is 0 Å². The largest absolute Gasteiger partial charge is 0.353 e. The molecule has 9 nitrogen and oxygen atoms in total. The fourth-order valence-corrected chi connectivity index (χ4v) is 3.93. The van der Waals surface area contributed by atoms with Gasteiger partial charge in [0.1, 0.15) is 12.1 Å². The van der Waals surface area contributed by atoms with E-state index in [1.165, 1.54) is 0 Å². The maximum Gasteiger partial charge on any atom is 0.236 e. The first kappa shape index (κ1) is 18.3. The Kier molecular flexibility index (Phi) is 4.84. The van der Waals surface area contributed by atoms with Crippen molar-refractivity contribution in [2.45, 2.75) is 31.8 Å². The van der Waals surface area contributed by atoms with Gasteiger partial charge in [-0.2, -0.15) is 4.98 Å². The Balaban J connectivity index is 1.23. The summed E-state index contributed by atoms with van der Waals surface area (Å²) in [6.45, 7) is 1.38. The molecule has 4 heterocycles. The summed E-state index contributed by atoms with van der Waals surface area (Å²) in [6, 6.07) is 7.99. The van der Waals surface area contributed by atoms with Crippen molar-refractivity contribution in [2.24, 2.45) is 0 Å². The normalized spacial score (nSPS) is 16.3. The Bertz CT molecular complexity index is 1150. The number of carbonyl (C=O) groups excluding carboxylic acids is 1. The average Bonchev–Trinajstić information content (AvgIpc) is 3.53. The van der Waals surface area contributed by atoms with Crippen LogP contribution in [0.1, 0.15) is 24.8 Å². The molecule has 30 heavy (non-hydrogen) atoms. The van der Waals surface area contributed by atoms with Crippen LogP contribution in [0.15, 0.2) is 55.5 Å². The van der Waals surface area contributed by atoms with Gasteiger partial charge in [-0.25, -0.2) is 15.0 Å². The molecular weight excluding hydrogens is 380 g/mol. The fraction of sp³-hybridized carbons (Fsp3) is 0.286. The van der Waals surface area contributed by atoms with Crippen LogP contribution < -0.4 is 10.2 Å². The SMILES string of the molecule is O=C(C[C@H]1CCCN1c1ccnc(-n2ccnc2)n1)NCc1ccc2nc[nH]c2c1. The number of amides is 1. The predicted molar refractivity (Wildman–Crippen MR) is 112 cm³/mol. The Morgan fingerprint density at radius 3 is 3.10 bits per heavy atom. The highest BCUT2D eigenvalue weighted by molar-refractivity contribution is 5.78. The maximum absolute atomic E-state index is 12.6. The molecule has 0 radical (unpaired) electrons. The predicted octanol–water partition coefficient (Wildman–Crippen LogP) is 2.21. The topological polar surface area (TPSA) is 105 Å². The van der Waals surface area contributed by atoms with Gasteiger partial charge in [0.05, 0.1) is 17.4 Å². The molecule has 1 fully saturated rings. The van der Waals surface area contributed by atoms with Gasteiger partial charge in [0.15, 0.2) is 0 Å². The number of nitrogens with zero attached hydrogens (tertiary/aromatic N) is 6. The second-order valence-electron chi connectivity index (χ2n) is 7.41. The van der Waals surface area contributed by atoms with Gasteiger partial charge < -0.3 is 15.2 Å². The van der Waals surface area contributed by atoms with E-state index in [1.54, 1.807) is 29.6 Å². The number of anilines is 1. The minimum atomic E-state index is 0.0421. The van der Waals surface area contributed by atoms with E-state index in [-0.39, 0.29) is 11.9 Å². The number of aromatic nitrogens is 6. The molecule has 5 rings (SSSR count). The molecule has 9 heteroatoms. The van der Waals surface area contributed by atoms with Crippen molar-refractivity contribution < 1.29 is 4.79 Å². The number of imidazole rings is 2. The minimum absolute atomic E-state index is 0.0421. The van der Waals surface area contributed by atoms with Crippen LogP contribution in [-0.4, -0.2) is 48.0 Å². The third-order valence-electron chi connectivity index (χ3n) is 5.43. The van der Waals surface area contributed by atoms with E-state index in [4.69, 9.17) is 0 Å². The molecular formula is C21H22N8O. The van der Waals surface area contributed by atoms with Gasteiger partial charge in [-0.3, -0.25) is 9.36 Å². The molecule has 1 aromatic carbocycles. The van der Waals surface area contributed by atoms with Gasteiger partial charge in [-0.15, -0.1) is 0 Å². The van der Waals surface area contributed by atoms with Crippen molar-refractivity contribution in [3.63, 3.8) is 0 Å². The molecule has 0 unspecified atom stereocenters. The van der Waals surface area contributed by atoms with E-state index in [0.717, 1.165) is 41.8 Å². The van der Waals surface area contributed by atoms with E-state index in [0.29, 0.717) is 18.9 Å². The highest BCUT2D eigenvalue weighted by Gasteiger charge is 2.28. The van der Waals surface area contributed by atoms with E-state index in [2.05, 4.69) is 35.1 Å². The number of H-pyrrole nitrogens is 1. The van der Waals surface area contributed by atoms with Gasteiger partial charge in [0.25, 0.3) is 0 Å². The van der Waals surface area contributed by atoms with Gasteiger partial charge in [0, 0.05) is 44.1 Å². The maximum atomic E-state index is 12.6. The third kappa shape index (κ3) is 3.73. The van der Waals surface area contributed by atoms with Gasteiger partial charge in [0.2, 0.25) is 11.9 Å². The van der Waals surface area contributed by atoms with Crippen molar-refractivity contribution >= 4 is 22.8 Å². The summed E-state index contributed by atoms with van der Waals surface area (Å²) in [4.78, 5) is 35.2. The number of benzene rings is 1. The monoisotopic (exact) mass is 402 g/mol. The standard InChI is InChI=1S/C21H22N8O/c30-20(24-12-15-3-4-17-18(10-15)26-13-25-17)11-16-2-1-8-29(16)19-5-6-23-21(27-19)28-9-7-22-14-28/h3-7,9-10,13-14,16H,1-2,8,11-12H2,(H,24,30)(H,25,26)/t16-/m1/s1. The lowest BCUT2D eigenvalue weighted by atomic mass is 10.1. The number of hydrogen-bond donors (Lipinski definition) is 2. The van der Waals surface area contributed by atoms with Crippen molar-refractivity contribution in [3.05, 3.63) is 61.1 Å². The summed E-state index contributed by atoms with van der Waals surface area (Å²) in [5, 5.41) is 3.04. The summed E-state index contributed by atoms with van der Waals surface area (Å²) in [5.41, 5.74) is 2.94. The number of aromatic amines is 1. The zero-order chi connectivity index (χ0) is 20.3.